The van der Waals surface area contributed by atoms with Gasteiger partial charge in [-0.3, -0.25) is 0 Å². The average molecular weight is 773 g/mol. The lowest BCUT2D eigenvalue weighted by molar-refractivity contribution is 0.802. The molecule has 0 aliphatic heterocycles. The fraction of sp³-hybridized carbons (Fsp3) is 0.0169. The van der Waals surface area contributed by atoms with Crippen molar-refractivity contribution in [2.45, 2.75) is 5.41 Å². The first-order chi connectivity index (χ1) is 30.2. The summed E-state index contributed by atoms with van der Waals surface area (Å²) in [6.07, 6.45) is 0. The van der Waals surface area contributed by atoms with Crippen molar-refractivity contribution in [1.29, 1.82) is 0 Å². The number of hydrogen-bond donors (Lipinski definition) is 0. The molecule has 2 aliphatic carbocycles. The van der Waals surface area contributed by atoms with E-state index in [-0.39, 0.29) is 0 Å². The van der Waals surface area contributed by atoms with Crippen LogP contribution >= 0.6 is 0 Å². The molecule has 1 heterocycles. The van der Waals surface area contributed by atoms with E-state index in [9.17, 15) is 0 Å². The van der Waals surface area contributed by atoms with Crippen LogP contribution in [-0.4, -0.2) is 9.97 Å². The van der Waals surface area contributed by atoms with Gasteiger partial charge in [0.2, 0.25) is 0 Å². The molecule has 282 valence electrons. The maximum Gasteiger partial charge on any atom is 0.160 e. The second-order valence-corrected chi connectivity index (χ2v) is 16.4. The molecule has 61 heavy (non-hydrogen) atoms. The lowest BCUT2D eigenvalue weighted by Crippen LogP contribution is -2.26. The Bertz CT molecular complexity index is 3530. The Hall–Kier alpha value is -7.94. The molecular weight excluding hydrogens is 737 g/mol. The molecule has 1 aromatic heterocycles. The summed E-state index contributed by atoms with van der Waals surface area (Å²) in [5.41, 5.74) is 17.6. The van der Waals surface area contributed by atoms with Crippen molar-refractivity contribution in [2.24, 2.45) is 0 Å². The van der Waals surface area contributed by atoms with Crippen molar-refractivity contribution < 1.29 is 0 Å². The molecule has 2 nitrogen and oxygen atoms in total. The quantitative estimate of drug-likeness (QED) is 0.178. The van der Waals surface area contributed by atoms with Crippen molar-refractivity contribution >= 4 is 32.3 Å². The van der Waals surface area contributed by atoms with Gasteiger partial charge in [0.05, 0.1) is 16.8 Å². The Labute approximate surface area is 354 Å². The SMILES string of the molecule is c1ccc(-c2nc(-c3ccc(-c4ccc5c6c(ccc5c4)-c4cc5ccccc5cc4C64c5ccccc5-c5ccccc54)cc3)cc(-c3cccc4ccccc34)n2)cc1. The summed E-state index contributed by atoms with van der Waals surface area (Å²) >= 11 is 0. The van der Waals surface area contributed by atoms with Gasteiger partial charge in [-0.05, 0) is 112 Å². The van der Waals surface area contributed by atoms with Crippen LogP contribution in [0.25, 0.3) is 99.6 Å². The van der Waals surface area contributed by atoms with Crippen molar-refractivity contribution in [3.05, 3.63) is 241 Å². The van der Waals surface area contributed by atoms with Crippen LogP contribution in [0.5, 0.6) is 0 Å². The van der Waals surface area contributed by atoms with Crippen LogP contribution in [0.4, 0.5) is 0 Å². The molecule has 0 fully saturated rings. The van der Waals surface area contributed by atoms with E-state index in [1.54, 1.807) is 0 Å². The van der Waals surface area contributed by atoms with Gasteiger partial charge in [-0.25, -0.2) is 9.97 Å². The van der Waals surface area contributed by atoms with Gasteiger partial charge in [0.1, 0.15) is 0 Å². The first kappa shape index (κ1) is 34.0. The highest BCUT2D eigenvalue weighted by molar-refractivity contribution is 6.07. The molecule has 2 heteroatoms. The predicted molar refractivity (Wildman–Crippen MR) is 253 cm³/mol. The van der Waals surface area contributed by atoms with Crippen LogP contribution in [0.1, 0.15) is 22.3 Å². The van der Waals surface area contributed by atoms with Gasteiger partial charge in [0, 0.05) is 16.7 Å². The zero-order valence-electron chi connectivity index (χ0n) is 33.2. The average Bonchev–Trinajstić information content (AvgIpc) is 3.80. The summed E-state index contributed by atoms with van der Waals surface area (Å²) in [5, 5.41) is 7.44. The van der Waals surface area contributed by atoms with Crippen molar-refractivity contribution in [3.8, 4) is 67.3 Å². The number of nitrogens with zero attached hydrogens (tertiary/aromatic N) is 2. The highest BCUT2D eigenvalue weighted by Gasteiger charge is 2.52. The highest BCUT2D eigenvalue weighted by Crippen LogP contribution is 2.64. The summed E-state index contributed by atoms with van der Waals surface area (Å²) < 4.78 is 0. The molecule has 10 aromatic carbocycles. The summed E-state index contributed by atoms with van der Waals surface area (Å²) in [6, 6.07) is 79.8. The van der Waals surface area contributed by atoms with E-state index in [1.165, 1.54) is 88.0 Å². The smallest absolute Gasteiger partial charge is 0.160 e. The maximum atomic E-state index is 5.15. The topological polar surface area (TPSA) is 25.8 Å². The van der Waals surface area contributed by atoms with Gasteiger partial charge in [-0.1, -0.05) is 194 Å². The fourth-order valence-electron chi connectivity index (χ4n) is 10.6. The molecule has 0 atom stereocenters. The molecule has 0 amide bonds. The van der Waals surface area contributed by atoms with Gasteiger partial charge in [-0.15, -0.1) is 0 Å². The molecular formula is C59H36N2. The Balaban J connectivity index is 0.950. The molecule has 11 aromatic rings. The van der Waals surface area contributed by atoms with E-state index in [0.29, 0.717) is 5.82 Å². The largest absolute Gasteiger partial charge is 0.228 e. The van der Waals surface area contributed by atoms with Gasteiger partial charge in [0.15, 0.2) is 5.82 Å². The molecule has 0 N–H and O–H groups in total. The van der Waals surface area contributed by atoms with Gasteiger partial charge in [-0.2, -0.15) is 0 Å². The Kier molecular flexibility index (Phi) is 7.26. The number of aromatic nitrogens is 2. The Morgan fingerprint density at radius 1 is 0.279 bits per heavy atom. The molecule has 0 bridgehead atoms. The summed E-state index contributed by atoms with van der Waals surface area (Å²) in [4.78, 5) is 10.3. The lowest BCUT2D eigenvalue weighted by atomic mass is 9.69. The third-order valence-electron chi connectivity index (χ3n) is 13.3. The molecule has 0 saturated heterocycles. The third kappa shape index (κ3) is 4.97. The van der Waals surface area contributed by atoms with E-state index in [2.05, 4.69) is 200 Å². The summed E-state index contributed by atoms with van der Waals surface area (Å²) in [6.45, 7) is 0. The monoisotopic (exact) mass is 772 g/mol. The van der Waals surface area contributed by atoms with Crippen molar-refractivity contribution in [3.63, 3.8) is 0 Å². The van der Waals surface area contributed by atoms with Crippen LogP contribution in [0.15, 0.2) is 218 Å². The molecule has 2 aliphatic rings. The normalized spacial score (nSPS) is 13.0. The summed E-state index contributed by atoms with van der Waals surface area (Å²) in [5.74, 6) is 0.715. The first-order valence-corrected chi connectivity index (χ1v) is 21.1. The van der Waals surface area contributed by atoms with Gasteiger partial charge in [0.25, 0.3) is 0 Å². The zero-order chi connectivity index (χ0) is 40.1. The predicted octanol–water partition coefficient (Wildman–Crippen LogP) is 14.9. The Morgan fingerprint density at radius 3 is 1.67 bits per heavy atom. The molecule has 1 spiro atoms. The van der Waals surface area contributed by atoms with E-state index >= 15 is 0 Å². The number of benzene rings is 10. The van der Waals surface area contributed by atoms with Gasteiger partial charge < -0.3 is 0 Å². The first-order valence-electron chi connectivity index (χ1n) is 21.1. The van der Waals surface area contributed by atoms with Crippen LogP contribution in [0.2, 0.25) is 0 Å². The third-order valence-corrected chi connectivity index (χ3v) is 13.3. The van der Waals surface area contributed by atoms with Crippen LogP contribution in [0, 0.1) is 0 Å². The Morgan fingerprint density at radius 2 is 0.885 bits per heavy atom. The van der Waals surface area contributed by atoms with Crippen LogP contribution in [-0.2, 0) is 5.41 Å². The highest BCUT2D eigenvalue weighted by atomic mass is 14.9. The summed E-state index contributed by atoms with van der Waals surface area (Å²) in [7, 11) is 0. The maximum absolute atomic E-state index is 5.15. The zero-order valence-corrected chi connectivity index (χ0v) is 33.2. The standard InChI is InChI=1S/C59H36N2/c1-2-14-40(15-3-1)58-60-55(36-56(61-58)49-22-12-18-38-13-6-7-19-45(38)49)39-27-25-37(26-28-39)43-29-31-46-44(33-43)30-32-50-51-34-41-16-4-5-17-42(41)35-54(51)59(57(46)50)52-23-10-8-20-47(52)48-21-9-11-24-53(48)59/h1-36H. The van der Waals surface area contributed by atoms with Crippen LogP contribution in [0.3, 0.4) is 0 Å². The van der Waals surface area contributed by atoms with E-state index in [4.69, 9.17) is 9.97 Å². The van der Waals surface area contributed by atoms with Gasteiger partial charge >= 0.3 is 0 Å². The second kappa shape index (κ2) is 13.0. The fourth-order valence-corrected chi connectivity index (χ4v) is 10.6. The lowest BCUT2D eigenvalue weighted by Gasteiger charge is -2.31. The van der Waals surface area contributed by atoms with Crippen LogP contribution < -0.4 is 0 Å². The molecule has 13 rings (SSSR count). The minimum atomic E-state index is -0.425. The number of rotatable bonds is 4. The minimum absolute atomic E-state index is 0.425. The number of fused-ring (bicyclic) bond motifs is 14. The van der Waals surface area contributed by atoms with E-state index < -0.39 is 5.41 Å². The molecule has 0 unspecified atom stereocenters. The minimum Gasteiger partial charge on any atom is -0.228 e. The van der Waals surface area contributed by atoms with Crippen molar-refractivity contribution in [1.82, 2.24) is 9.97 Å². The second-order valence-electron chi connectivity index (χ2n) is 16.4. The van der Waals surface area contributed by atoms with Crippen molar-refractivity contribution in [2.75, 3.05) is 0 Å². The van der Waals surface area contributed by atoms with E-state index in [0.717, 1.165) is 28.1 Å². The van der Waals surface area contributed by atoms with E-state index in [1.807, 2.05) is 18.2 Å². The number of hydrogen-bond acceptors (Lipinski definition) is 2. The molecule has 0 radical (unpaired) electrons. The molecule has 0 saturated carbocycles.